The summed E-state index contributed by atoms with van der Waals surface area (Å²) in [6.45, 7) is 0. The molecule has 2 heterocycles. The molecule has 3 aromatic rings. The third-order valence-electron chi connectivity index (χ3n) is 3.10. The Morgan fingerprint density at radius 1 is 1.24 bits per heavy atom. The van der Waals surface area contributed by atoms with Crippen molar-refractivity contribution < 1.29 is 13.5 Å². The molecule has 0 fully saturated rings. The van der Waals surface area contributed by atoms with E-state index in [0.29, 0.717) is 22.5 Å². The zero-order valence-electron chi connectivity index (χ0n) is 10.9. The van der Waals surface area contributed by atoms with E-state index in [-0.39, 0.29) is 10.8 Å². The van der Waals surface area contributed by atoms with E-state index in [2.05, 4.69) is 10.1 Å². The summed E-state index contributed by atoms with van der Waals surface area (Å²) in [7, 11) is 1.44. The maximum Gasteiger partial charge on any atom is 0.263 e. The Labute approximate surface area is 123 Å². The van der Waals surface area contributed by atoms with Crippen LogP contribution in [0.4, 0.5) is 8.78 Å². The number of halogens is 3. The highest BCUT2D eigenvalue weighted by Gasteiger charge is 2.15. The fourth-order valence-corrected chi connectivity index (χ4v) is 2.32. The van der Waals surface area contributed by atoms with Gasteiger partial charge >= 0.3 is 0 Å². The highest BCUT2D eigenvalue weighted by atomic mass is 35.5. The lowest BCUT2D eigenvalue weighted by Gasteiger charge is -2.11. The number of benzene rings is 1. The summed E-state index contributed by atoms with van der Waals surface area (Å²) in [5.41, 5.74) is 1.79. The Morgan fingerprint density at radius 2 is 2.05 bits per heavy atom. The van der Waals surface area contributed by atoms with Crippen molar-refractivity contribution in [3.63, 3.8) is 0 Å². The third kappa shape index (κ3) is 2.42. The molecule has 1 aromatic carbocycles. The lowest BCUT2D eigenvalue weighted by molar-refractivity contribution is 0.151. The van der Waals surface area contributed by atoms with Crippen LogP contribution >= 0.6 is 11.6 Å². The molecule has 21 heavy (non-hydrogen) atoms. The molecular formula is C14H10ClF2N3O. The molecule has 4 nitrogen and oxygen atoms in total. The van der Waals surface area contributed by atoms with E-state index in [9.17, 15) is 8.78 Å². The van der Waals surface area contributed by atoms with Crippen molar-refractivity contribution in [2.75, 3.05) is 7.11 Å². The predicted molar refractivity (Wildman–Crippen MR) is 74.9 cm³/mol. The molecule has 0 saturated heterocycles. The molecular weight excluding hydrogens is 300 g/mol. The van der Waals surface area contributed by atoms with Gasteiger partial charge in [0.25, 0.3) is 6.43 Å². The Kier molecular flexibility index (Phi) is 3.47. The van der Waals surface area contributed by atoms with Crippen LogP contribution in [0.2, 0.25) is 5.28 Å². The SMILES string of the molecule is COc1cc(C(F)F)ccc1-c1cccn2nc(Cl)nc12. The normalized spacial score (nSPS) is 11.3. The lowest BCUT2D eigenvalue weighted by atomic mass is 10.0. The maximum absolute atomic E-state index is 12.8. The molecule has 0 radical (unpaired) electrons. The van der Waals surface area contributed by atoms with Crippen molar-refractivity contribution >= 4 is 17.2 Å². The van der Waals surface area contributed by atoms with E-state index in [1.807, 2.05) is 0 Å². The van der Waals surface area contributed by atoms with Gasteiger partial charge in [0.15, 0.2) is 5.65 Å². The summed E-state index contributed by atoms with van der Waals surface area (Å²) in [6.07, 6.45) is -0.844. The number of fused-ring (bicyclic) bond motifs is 1. The molecule has 0 spiro atoms. The second kappa shape index (κ2) is 5.29. The van der Waals surface area contributed by atoms with Crippen LogP contribution in [0.5, 0.6) is 5.75 Å². The molecule has 0 atom stereocenters. The molecule has 0 saturated carbocycles. The molecule has 0 aliphatic carbocycles. The second-order valence-corrected chi connectivity index (χ2v) is 4.67. The van der Waals surface area contributed by atoms with Gasteiger partial charge in [-0.15, -0.1) is 5.10 Å². The minimum Gasteiger partial charge on any atom is -0.496 e. The Morgan fingerprint density at radius 3 is 2.76 bits per heavy atom. The number of hydrogen-bond acceptors (Lipinski definition) is 3. The summed E-state index contributed by atoms with van der Waals surface area (Å²) < 4.78 is 32.3. The molecule has 2 aromatic heterocycles. The van der Waals surface area contributed by atoms with Gasteiger partial charge in [-0.2, -0.15) is 4.98 Å². The van der Waals surface area contributed by atoms with Gasteiger partial charge in [-0.05, 0) is 29.8 Å². The number of methoxy groups -OCH3 is 1. The summed E-state index contributed by atoms with van der Waals surface area (Å²) in [4.78, 5) is 4.14. The van der Waals surface area contributed by atoms with Gasteiger partial charge in [-0.25, -0.2) is 13.3 Å². The van der Waals surface area contributed by atoms with E-state index in [0.717, 1.165) is 0 Å². The molecule has 0 amide bonds. The van der Waals surface area contributed by atoms with Gasteiger partial charge in [0.1, 0.15) is 5.75 Å². The first kappa shape index (κ1) is 13.8. The topological polar surface area (TPSA) is 39.4 Å². The maximum atomic E-state index is 12.8. The Balaban J connectivity index is 2.22. The number of pyridine rings is 1. The number of alkyl halides is 2. The summed E-state index contributed by atoms with van der Waals surface area (Å²) in [5.74, 6) is 0.347. The van der Waals surface area contributed by atoms with Crippen molar-refractivity contribution in [3.05, 3.63) is 47.4 Å². The first-order chi connectivity index (χ1) is 10.1. The van der Waals surface area contributed by atoms with E-state index >= 15 is 0 Å². The minimum atomic E-state index is -2.55. The molecule has 3 rings (SSSR count). The lowest BCUT2D eigenvalue weighted by Crippen LogP contribution is -1.94. The first-order valence-electron chi connectivity index (χ1n) is 6.07. The van der Waals surface area contributed by atoms with E-state index in [1.165, 1.54) is 23.8 Å². The number of nitrogens with zero attached hydrogens (tertiary/aromatic N) is 3. The highest BCUT2D eigenvalue weighted by molar-refractivity contribution is 6.28. The molecule has 0 aliphatic rings. The van der Waals surface area contributed by atoms with Crippen LogP contribution < -0.4 is 4.74 Å². The second-order valence-electron chi connectivity index (χ2n) is 4.33. The molecule has 0 N–H and O–H groups in total. The number of rotatable bonds is 3. The van der Waals surface area contributed by atoms with Crippen LogP contribution in [0.3, 0.4) is 0 Å². The number of hydrogen-bond donors (Lipinski definition) is 0. The van der Waals surface area contributed by atoms with E-state index in [4.69, 9.17) is 16.3 Å². The van der Waals surface area contributed by atoms with Crippen LogP contribution in [0.15, 0.2) is 36.5 Å². The zero-order valence-corrected chi connectivity index (χ0v) is 11.7. The standard InChI is InChI=1S/C14H10ClF2N3O/c1-21-11-7-8(12(16)17)4-5-9(11)10-3-2-6-20-13(10)18-14(15)19-20/h2-7,12H,1H3. The average Bonchev–Trinajstić information content (AvgIpc) is 2.86. The van der Waals surface area contributed by atoms with E-state index < -0.39 is 6.43 Å². The van der Waals surface area contributed by atoms with E-state index in [1.54, 1.807) is 24.4 Å². The monoisotopic (exact) mass is 309 g/mol. The summed E-state index contributed by atoms with van der Waals surface area (Å²) in [5, 5.41) is 4.13. The van der Waals surface area contributed by atoms with Crippen molar-refractivity contribution in [2.24, 2.45) is 0 Å². The molecule has 108 valence electrons. The quantitative estimate of drug-likeness (QED) is 0.734. The minimum absolute atomic E-state index is 0.0953. The smallest absolute Gasteiger partial charge is 0.263 e. The van der Waals surface area contributed by atoms with Crippen LogP contribution in [-0.4, -0.2) is 21.7 Å². The predicted octanol–water partition coefficient (Wildman–Crippen LogP) is 4.00. The van der Waals surface area contributed by atoms with Crippen LogP contribution in [0, 0.1) is 0 Å². The molecule has 0 unspecified atom stereocenters. The van der Waals surface area contributed by atoms with Gasteiger partial charge in [0.05, 0.1) is 7.11 Å². The van der Waals surface area contributed by atoms with Crippen LogP contribution in [0.1, 0.15) is 12.0 Å². The number of ether oxygens (including phenoxy) is 1. The Bertz CT molecular complexity index is 804. The Hall–Kier alpha value is -2.21. The van der Waals surface area contributed by atoms with Gasteiger partial charge in [0, 0.05) is 22.9 Å². The van der Waals surface area contributed by atoms with Gasteiger partial charge in [-0.1, -0.05) is 12.1 Å². The van der Waals surface area contributed by atoms with Gasteiger partial charge < -0.3 is 4.74 Å². The number of aromatic nitrogens is 3. The molecule has 0 bridgehead atoms. The fourth-order valence-electron chi connectivity index (χ4n) is 2.16. The molecule has 0 aliphatic heterocycles. The van der Waals surface area contributed by atoms with Crippen molar-refractivity contribution in [1.29, 1.82) is 0 Å². The van der Waals surface area contributed by atoms with Gasteiger partial charge in [-0.3, -0.25) is 0 Å². The molecule has 7 heteroatoms. The zero-order chi connectivity index (χ0) is 15.0. The summed E-state index contributed by atoms with van der Waals surface area (Å²) >= 11 is 5.81. The van der Waals surface area contributed by atoms with Crippen molar-refractivity contribution in [3.8, 4) is 16.9 Å². The van der Waals surface area contributed by atoms with Crippen molar-refractivity contribution in [1.82, 2.24) is 14.6 Å². The summed E-state index contributed by atoms with van der Waals surface area (Å²) in [6, 6.07) is 7.85. The average molecular weight is 310 g/mol. The van der Waals surface area contributed by atoms with Crippen molar-refractivity contribution in [2.45, 2.75) is 6.43 Å². The highest BCUT2D eigenvalue weighted by Crippen LogP contribution is 2.35. The van der Waals surface area contributed by atoms with Crippen LogP contribution in [-0.2, 0) is 0 Å². The fraction of sp³-hybridized carbons (Fsp3) is 0.143. The van der Waals surface area contributed by atoms with Crippen LogP contribution in [0.25, 0.3) is 16.8 Å². The first-order valence-corrected chi connectivity index (χ1v) is 6.45. The largest absolute Gasteiger partial charge is 0.496 e. The van der Waals surface area contributed by atoms with Gasteiger partial charge in [0.2, 0.25) is 5.28 Å². The third-order valence-corrected chi connectivity index (χ3v) is 3.26.